The Labute approximate surface area is 143 Å². The molecule has 0 spiro atoms. The van der Waals surface area contributed by atoms with Crippen LogP contribution < -0.4 is 4.90 Å². The first-order valence-electron chi connectivity index (χ1n) is 8.47. The van der Waals surface area contributed by atoms with Gasteiger partial charge in [0.25, 0.3) is 0 Å². The number of rotatable bonds is 3. The highest BCUT2D eigenvalue weighted by Gasteiger charge is 2.47. The van der Waals surface area contributed by atoms with Crippen molar-refractivity contribution in [3.05, 3.63) is 48.2 Å². The molecule has 0 radical (unpaired) electrons. The van der Waals surface area contributed by atoms with E-state index in [9.17, 15) is 13.2 Å². The second-order valence-electron chi connectivity index (χ2n) is 6.48. The molecule has 0 atom stereocenters. The molecule has 0 saturated heterocycles. The van der Waals surface area contributed by atoms with Gasteiger partial charge in [0, 0.05) is 5.70 Å². The van der Waals surface area contributed by atoms with Crippen molar-refractivity contribution >= 4 is 21.4 Å². The number of carbonyl (C=O) groups is 1. The summed E-state index contributed by atoms with van der Waals surface area (Å²) in [6, 6.07) is 6.87. The maximum Gasteiger partial charge on any atom is 0.238 e. The average molecular weight is 345 g/mol. The first kappa shape index (κ1) is 17.0. The summed E-state index contributed by atoms with van der Waals surface area (Å²) < 4.78 is 26.0. The average Bonchev–Trinajstić information content (AvgIpc) is 2.68. The van der Waals surface area contributed by atoms with Crippen molar-refractivity contribution in [2.75, 3.05) is 10.7 Å². The summed E-state index contributed by atoms with van der Waals surface area (Å²) in [6.07, 6.45) is 8.53. The number of para-hydroxylation sites is 1. The lowest BCUT2D eigenvalue weighted by Crippen LogP contribution is -2.45. The Morgan fingerprint density at radius 1 is 1.17 bits per heavy atom. The lowest BCUT2D eigenvalue weighted by molar-refractivity contribution is -0.127. The number of allylic oxidation sites excluding steroid dienone is 4. The maximum absolute atomic E-state index is 13.5. The van der Waals surface area contributed by atoms with Crippen molar-refractivity contribution in [1.29, 1.82) is 0 Å². The molecule has 24 heavy (non-hydrogen) atoms. The number of sulfone groups is 1. The van der Waals surface area contributed by atoms with Crippen molar-refractivity contribution in [3.8, 4) is 0 Å². The van der Waals surface area contributed by atoms with Crippen LogP contribution in [-0.2, 0) is 14.6 Å². The van der Waals surface area contributed by atoms with E-state index in [0.29, 0.717) is 18.5 Å². The van der Waals surface area contributed by atoms with E-state index in [4.69, 9.17) is 0 Å². The van der Waals surface area contributed by atoms with E-state index < -0.39 is 15.3 Å². The van der Waals surface area contributed by atoms with Crippen molar-refractivity contribution in [2.45, 2.75) is 44.4 Å². The van der Waals surface area contributed by atoms with Gasteiger partial charge in [-0.2, -0.15) is 0 Å². The Morgan fingerprint density at radius 3 is 2.50 bits per heavy atom. The largest absolute Gasteiger partial charge is 0.283 e. The van der Waals surface area contributed by atoms with E-state index in [0.717, 1.165) is 18.5 Å². The fraction of sp³-hybridized carbons (Fsp3) is 0.421. The van der Waals surface area contributed by atoms with Crippen molar-refractivity contribution in [3.63, 3.8) is 0 Å². The van der Waals surface area contributed by atoms with Gasteiger partial charge in [0.15, 0.2) is 9.84 Å². The van der Waals surface area contributed by atoms with E-state index in [-0.39, 0.29) is 16.6 Å². The summed E-state index contributed by atoms with van der Waals surface area (Å²) >= 11 is 0. The summed E-state index contributed by atoms with van der Waals surface area (Å²) in [6.45, 7) is 3.81. The molecule has 0 unspecified atom stereocenters. The number of fused-ring (bicyclic) bond motifs is 1. The highest BCUT2D eigenvalue weighted by molar-refractivity contribution is 7.91. The van der Waals surface area contributed by atoms with Gasteiger partial charge in [-0.3, -0.25) is 9.69 Å². The molecule has 2 aliphatic rings. The second kappa shape index (κ2) is 6.20. The van der Waals surface area contributed by atoms with E-state index in [1.165, 1.54) is 0 Å². The smallest absolute Gasteiger partial charge is 0.238 e. The van der Waals surface area contributed by atoms with E-state index in [1.807, 2.05) is 26.0 Å². The van der Waals surface area contributed by atoms with Gasteiger partial charge in [-0.15, -0.1) is 0 Å². The fourth-order valence-electron chi connectivity index (χ4n) is 3.57. The standard InChI is InChI=1S/C19H23NO3S/c1-3-19(4-2)14-24(22,23)17-13-9-8-12-16(17)20(18(19)21)15-10-6-5-7-11-15/h5-6,8-10,12-13H,3-4,7,11,14H2,1-2H3. The van der Waals surface area contributed by atoms with Crippen LogP contribution in [0.2, 0.25) is 0 Å². The number of benzene rings is 1. The molecule has 0 N–H and O–H groups in total. The molecule has 1 aromatic carbocycles. The van der Waals surface area contributed by atoms with E-state index in [1.54, 1.807) is 29.2 Å². The quantitative estimate of drug-likeness (QED) is 0.836. The fourth-order valence-corrected chi connectivity index (χ4v) is 5.75. The first-order chi connectivity index (χ1) is 11.4. The van der Waals surface area contributed by atoms with Crippen molar-refractivity contribution < 1.29 is 13.2 Å². The molecule has 4 nitrogen and oxygen atoms in total. The maximum atomic E-state index is 13.5. The normalized spacial score (nSPS) is 21.8. The number of amides is 1. The van der Waals surface area contributed by atoms with Crippen molar-refractivity contribution in [2.24, 2.45) is 5.41 Å². The highest BCUT2D eigenvalue weighted by Crippen LogP contribution is 2.43. The zero-order valence-electron chi connectivity index (χ0n) is 14.2. The van der Waals surface area contributed by atoms with Crippen LogP contribution in [0, 0.1) is 5.41 Å². The third kappa shape index (κ3) is 2.61. The number of hydrogen-bond donors (Lipinski definition) is 0. The predicted molar refractivity (Wildman–Crippen MR) is 95.5 cm³/mol. The van der Waals surface area contributed by atoms with Crippen LogP contribution in [-0.4, -0.2) is 20.1 Å². The van der Waals surface area contributed by atoms with Gasteiger partial charge in [0.1, 0.15) is 0 Å². The zero-order chi connectivity index (χ0) is 17.4. The number of nitrogens with zero attached hydrogens (tertiary/aromatic N) is 1. The predicted octanol–water partition coefficient (Wildman–Crippen LogP) is 3.85. The SMILES string of the molecule is CCC1(CC)CS(=O)(=O)c2ccccc2N(C2=CC=CCC2)C1=O. The van der Waals surface area contributed by atoms with Crippen molar-refractivity contribution in [1.82, 2.24) is 0 Å². The Morgan fingerprint density at radius 2 is 1.88 bits per heavy atom. The molecule has 5 heteroatoms. The minimum atomic E-state index is -3.52. The van der Waals surface area contributed by atoms with Gasteiger partial charge in [-0.25, -0.2) is 8.42 Å². The van der Waals surface area contributed by atoms with Crippen LogP contribution >= 0.6 is 0 Å². The molecule has 1 heterocycles. The first-order valence-corrected chi connectivity index (χ1v) is 10.1. The molecule has 1 aliphatic heterocycles. The molecule has 0 fully saturated rings. The minimum Gasteiger partial charge on any atom is -0.283 e. The van der Waals surface area contributed by atoms with Crippen LogP contribution in [0.1, 0.15) is 39.5 Å². The van der Waals surface area contributed by atoms with Gasteiger partial charge in [0.2, 0.25) is 5.91 Å². The van der Waals surface area contributed by atoms with Crippen LogP contribution in [0.4, 0.5) is 5.69 Å². The molecule has 0 aromatic heterocycles. The Hall–Kier alpha value is -1.88. The molecule has 1 amide bonds. The van der Waals surface area contributed by atoms with Crippen LogP contribution in [0.25, 0.3) is 0 Å². The van der Waals surface area contributed by atoms with Crippen LogP contribution in [0.15, 0.2) is 53.1 Å². The zero-order valence-corrected chi connectivity index (χ0v) is 15.0. The van der Waals surface area contributed by atoms with Crippen LogP contribution in [0.5, 0.6) is 0 Å². The minimum absolute atomic E-state index is 0.0948. The van der Waals surface area contributed by atoms with Gasteiger partial charge in [0.05, 0.1) is 21.8 Å². The molecular weight excluding hydrogens is 322 g/mol. The third-order valence-corrected chi connectivity index (χ3v) is 7.14. The summed E-state index contributed by atoms with van der Waals surface area (Å²) in [5.41, 5.74) is 0.492. The molecule has 1 aromatic rings. The molecule has 1 aliphatic carbocycles. The summed E-state index contributed by atoms with van der Waals surface area (Å²) in [4.78, 5) is 15.4. The number of anilines is 1. The monoisotopic (exact) mass is 345 g/mol. The molecule has 0 bridgehead atoms. The van der Waals surface area contributed by atoms with E-state index in [2.05, 4.69) is 6.08 Å². The summed E-state index contributed by atoms with van der Waals surface area (Å²) in [5.74, 6) is -0.217. The molecule has 0 saturated carbocycles. The van der Waals surface area contributed by atoms with Gasteiger partial charge >= 0.3 is 0 Å². The number of hydrogen-bond acceptors (Lipinski definition) is 3. The van der Waals surface area contributed by atoms with Gasteiger partial charge in [-0.1, -0.05) is 38.1 Å². The topological polar surface area (TPSA) is 54.5 Å². The molecule has 3 rings (SSSR count). The summed E-state index contributed by atoms with van der Waals surface area (Å²) in [5, 5.41) is 0. The van der Waals surface area contributed by atoms with Gasteiger partial charge < -0.3 is 0 Å². The second-order valence-corrected chi connectivity index (χ2v) is 8.44. The van der Waals surface area contributed by atoms with Gasteiger partial charge in [-0.05, 0) is 43.9 Å². The third-order valence-electron chi connectivity index (χ3n) is 5.20. The Balaban J connectivity index is 2.29. The lowest BCUT2D eigenvalue weighted by atomic mass is 9.82. The Kier molecular flexibility index (Phi) is 4.38. The lowest BCUT2D eigenvalue weighted by Gasteiger charge is -2.34. The van der Waals surface area contributed by atoms with Crippen LogP contribution in [0.3, 0.4) is 0 Å². The Bertz CT molecular complexity index is 817. The highest BCUT2D eigenvalue weighted by atomic mass is 32.2. The summed E-state index contributed by atoms with van der Waals surface area (Å²) in [7, 11) is -3.52. The molecule has 128 valence electrons. The molecular formula is C19H23NO3S. The number of carbonyl (C=O) groups excluding carboxylic acids is 1. The van der Waals surface area contributed by atoms with E-state index >= 15 is 0 Å².